The fraction of sp³-hybridized carbons (Fsp3) is 0.929. The third-order valence-electron chi connectivity index (χ3n) is 4.21. The van der Waals surface area contributed by atoms with Gasteiger partial charge in [0.05, 0.1) is 0 Å². The number of carbonyl (C=O) groups excluding carboxylic acids is 1. The zero-order valence-electron chi connectivity index (χ0n) is 11.8. The number of rotatable bonds is 4. The highest BCUT2D eigenvalue weighted by Gasteiger charge is 2.26. The molecule has 2 N–H and O–H groups in total. The van der Waals surface area contributed by atoms with Gasteiger partial charge in [-0.15, -0.1) is 12.4 Å². The maximum absolute atomic E-state index is 12.1. The van der Waals surface area contributed by atoms with Crippen molar-refractivity contribution >= 4 is 30.1 Å². The van der Waals surface area contributed by atoms with Crippen LogP contribution in [0.25, 0.3) is 0 Å². The Morgan fingerprint density at radius 1 is 1.37 bits per heavy atom. The van der Waals surface area contributed by atoms with E-state index < -0.39 is 0 Å². The van der Waals surface area contributed by atoms with Gasteiger partial charge in [-0.1, -0.05) is 26.2 Å². The first kappa shape index (κ1) is 17.1. The minimum Gasteiger partial charge on any atom is -0.353 e. The van der Waals surface area contributed by atoms with Gasteiger partial charge in [-0.25, -0.2) is 0 Å². The average Bonchev–Trinajstić information content (AvgIpc) is 2.40. The molecule has 2 rings (SSSR count). The summed E-state index contributed by atoms with van der Waals surface area (Å²) in [4.78, 5) is 12.1. The molecule has 112 valence electrons. The Balaban J connectivity index is 0.00000180. The number of carbonyl (C=O) groups is 1. The Bertz CT molecular complexity index is 272. The summed E-state index contributed by atoms with van der Waals surface area (Å²) in [5.74, 6) is 3.21. The lowest BCUT2D eigenvalue weighted by Gasteiger charge is -2.32. The highest BCUT2D eigenvalue weighted by molar-refractivity contribution is 7.99. The Kier molecular flexibility index (Phi) is 8.19. The quantitative estimate of drug-likeness (QED) is 0.839. The second-order valence-corrected chi connectivity index (χ2v) is 6.71. The summed E-state index contributed by atoms with van der Waals surface area (Å²) < 4.78 is 0. The average molecular weight is 307 g/mol. The van der Waals surface area contributed by atoms with Crippen molar-refractivity contribution < 1.29 is 4.79 Å². The number of hydrogen-bond donors (Lipinski definition) is 2. The Hall–Kier alpha value is 0.0700. The molecule has 5 heteroatoms. The van der Waals surface area contributed by atoms with Crippen LogP contribution in [0.4, 0.5) is 0 Å². The molecule has 1 aliphatic heterocycles. The van der Waals surface area contributed by atoms with Crippen LogP contribution < -0.4 is 10.6 Å². The van der Waals surface area contributed by atoms with E-state index in [4.69, 9.17) is 0 Å². The molecule has 0 radical (unpaired) electrons. The van der Waals surface area contributed by atoms with Crippen LogP contribution in [-0.2, 0) is 4.79 Å². The predicted molar refractivity (Wildman–Crippen MR) is 85.2 cm³/mol. The van der Waals surface area contributed by atoms with E-state index >= 15 is 0 Å². The summed E-state index contributed by atoms with van der Waals surface area (Å²) in [5.41, 5.74) is 0. The minimum atomic E-state index is 0. The molecule has 1 aliphatic carbocycles. The molecular weight excluding hydrogens is 280 g/mol. The summed E-state index contributed by atoms with van der Waals surface area (Å²) in [6, 6.07) is 0.819. The van der Waals surface area contributed by atoms with Crippen LogP contribution in [0.1, 0.15) is 45.4 Å². The molecule has 0 aromatic carbocycles. The fourth-order valence-corrected chi connectivity index (χ4v) is 4.08. The zero-order valence-corrected chi connectivity index (χ0v) is 13.5. The van der Waals surface area contributed by atoms with Gasteiger partial charge in [-0.3, -0.25) is 4.79 Å². The highest BCUT2D eigenvalue weighted by atomic mass is 35.5. The topological polar surface area (TPSA) is 41.1 Å². The fourth-order valence-electron chi connectivity index (χ4n) is 3.13. The lowest BCUT2D eigenvalue weighted by Crippen LogP contribution is -2.46. The van der Waals surface area contributed by atoms with Gasteiger partial charge in [0.2, 0.25) is 5.91 Å². The van der Waals surface area contributed by atoms with Crippen LogP contribution in [-0.4, -0.2) is 36.0 Å². The molecule has 3 atom stereocenters. The van der Waals surface area contributed by atoms with Gasteiger partial charge in [-0.2, -0.15) is 11.8 Å². The summed E-state index contributed by atoms with van der Waals surface area (Å²) >= 11 is 1.95. The molecule has 2 fully saturated rings. The van der Waals surface area contributed by atoms with Crippen LogP contribution in [0.5, 0.6) is 0 Å². The largest absolute Gasteiger partial charge is 0.353 e. The number of nitrogens with one attached hydrogen (secondary N) is 2. The van der Waals surface area contributed by atoms with Crippen LogP contribution in [0, 0.1) is 5.92 Å². The van der Waals surface area contributed by atoms with Crippen LogP contribution in [0.3, 0.4) is 0 Å². The standard InChI is InChI=1S/C14H26N2OS.ClH/c1-2-11-5-3-4-6-13(11)16-14(17)9-12-10-18-8-7-15-12;/h11-13,15H,2-10H2,1H3,(H,16,17);1H. The van der Waals surface area contributed by atoms with Crippen molar-refractivity contribution in [1.29, 1.82) is 0 Å². The molecule has 3 unspecified atom stereocenters. The molecule has 0 spiro atoms. The van der Waals surface area contributed by atoms with E-state index in [0.717, 1.165) is 12.3 Å². The van der Waals surface area contributed by atoms with Crippen LogP contribution in [0.15, 0.2) is 0 Å². The summed E-state index contributed by atoms with van der Waals surface area (Å²) in [5, 5.41) is 6.71. The van der Waals surface area contributed by atoms with E-state index in [1.807, 2.05) is 11.8 Å². The first-order valence-corrected chi connectivity index (χ1v) is 8.55. The first-order valence-electron chi connectivity index (χ1n) is 7.40. The minimum absolute atomic E-state index is 0. The molecule has 2 aliphatic rings. The lowest BCUT2D eigenvalue weighted by atomic mass is 9.83. The highest BCUT2D eigenvalue weighted by Crippen LogP contribution is 2.26. The van der Waals surface area contributed by atoms with Gasteiger partial charge in [0.25, 0.3) is 0 Å². The van der Waals surface area contributed by atoms with Crippen molar-refractivity contribution in [3.05, 3.63) is 0 Å². The smallest absolute Gasteiger partial charge is 0.221 e. The number of thioether (sulfide) groups is 1. The van der Waals surface area contributed by atoms with Gasteiger partial charge in [0, 0.05) is 36.6 Å². The normalized spacial score (nSPS) is 31.3. The second-order valence-electron chi connectivity index (χ2n) is 5.56. The third kappa shape index (κ3) is 5.52. The maximum atomic E-state index is 12.1. The van der Waals surface area contributed by atoms with Crippen molar-refractivity contribution in [1.82, 2.24) is 10.6 Å². The van der Waals surface area contributed by atoms with Crippen LogP contribution in [0.2, 0.25) is 0 Å². The summed E-state index contributed by atoms with van der Waals surface area (Å²) in [6.07, 6.45) is 6.93. The SMILES string of the molecule is CCC1CCCCC1NC(=O)CC1CSCCN1.Cl. The van der Waals surface area contributed by atoms with Gasteiger partial charge in [0.1, 0.15) is 0 Å². The third-order valence-corrected chi connectivity index (χ3v) is 5.34. The van der Waals surface area contributed by atoms with Crippen molar-refractivity contribution in [2.24, 2.45) is 5.92 Å². The Morgan fingerprint density at radius 2 is 2.16 bits per heavy atom. The molecule has 1 amide bonds. The van der Waals surface area contributed by atoms with Crippen molar-refractivity contribution in [2.45, 2.75) is 57.5 Å². The zero-order chi connectivity index (χ0) is 12.8. The number of halogens is 1. The molecule has 1 saturated carbocycles. The monoisotopic (exact) mass is 306 g/mol. The van der Waals surface area contributed by atoms with E-state index in [-0.39, 0.29) is 18.3 Å². The molecule has 0 aromatic heterocycles. The van der Waals surface area contributed by atoms with Crippen molar-refractivity contribution in [2.75, 3.05) is 18.1 Å². The van der Waals surface area contributed by atoms with E-state index in [1.54, 1.807) is 0 Å². The molecule has 1 saturated heterocycles. The Labute approximate surface area is 127 Å². The summed E-state index contributed by atoms with van der Waals surface area (Å²) in [6.45, 7) is 3.29. The van der Waals surface area contributed by atoms with E-state index in [9.17, 15) is 4.79 Å². The van der Waals surface area contributed by atoms with Gasteiger partial charge in [0.15, 0.2) is 0 Å². The molecule has 3 nitrogen and oxygen atoms in total. The second kappa shape index (κ2) is 9.09. The van der Waals surface area contributed by atoms with Crippen LogP contribution >= 0.6 is 24.2 Å². The Morgan fingerprint density at radius 3 is 2.84 bits per heavy atom. The molecule has 19 heavy (non-hydrogen) atoms. The first-order chi connectivity index (χ1) is 8.79. The number of hydrogen-bond acceptors (Lipinski definition) is 3. The molecule has 0 aromatic rings. The van der Waals surface area contributed by atoms with E-state index in [0.29, 0.717) is 24.4 Å². The molecular formula is C14H27ClN2OS. The van der Waals surface area contributed by atoms with Gasteiger partial charge < -0.3 is 10.6 Å². The van der Waals surface area contributed by atoms with Gasteiger partial charge in [-0.05, 0) is 18.8 Å². The number of amides is 1. The van der Waals surface area contributed by atoms with Crippen molar-refractivity contribution in [3.8, 4) is 0 Å². The molecule has 1 heterocycles. The van der Waals surface area contributed by atoms with E-state index in [2.05, 4.69) is 17.6 Å². The lowest BCUT2D eigenvalue weighted by molar-refractivity contribution is -0.122. The van der Waals surface area contributed by atoms with Crippen molar-refractivity contribution in [3.63, 3.8) is 0 Å². The predicted octanol–water partition coefficient (Wildman–Crippen LogP) is 2.59. The summed E-state index contributed by atoms with van der Waals surface area (Å²) in [7, 11) is 0. The van der Waals surface area contributed by atoms with Gasteiger partial charge >= 0.3 is 0 Å². The maximum Gasteiger partial charge on any atom is 0.221 e. The molecule has 0 bridgehead atoms. The van der Waals surface area contributed by atoms with E-state index in [1.165, 1.54) is 37.9 Å².